The van der Waals surface area contributed by atoms with Gasteiger partial charge in [-0.15, -0.1) is 0 Å². The fourth-order valence-electron chi connectivity index (χ4n) is 0.901. The molecule has 0 aliphatic heterocycles. The van der Waals surface area contributed by atoms with E-state index in [1.165, 1.54) is 0 Å². The first kappa shape index (κ1) is 8.83. The molecule has 0 saturated heterocycles. The Morgan fingerprint density at radius 2 is 2.17 bits per heavy atom. The predicted octanol–water partition coefficient (Wildman–Crippen LogP) is 3.24. The summed E-state index contributed by atoms with van der Waals surface area (Å²) in [4.78, 5) is 0. The average molecular weight is 178 g/mol. The van der Waals surface area contributed by atoms with Gasteiger partial charge >= 0.3 is 0 Å². The third-order valence-corrected chi connectivity index (χ3v) is 1.74. The minimum atomic E-state index is 0.570. The Balaban J connectivity index is 3.26. The summed E-state index contributed by atoms with van der Waals surface area (Å²) in [5.74, 6) is 0. The van der Waals surface area contributed by atoms with Gasteiger partial charge in [0.25, 0.3) is 0 Å². The summed E-state index contributed by atoms with van der Waals surface area (Å²) >= 11 is 5.78. The van der Waals surface area contributed by atoms with Crippen LogP contribution in [0.1, 0.15) is 18.1 Å². The summed E-state index contributed by atoms with van der Waals surface area (Å²) < 4.78 is 0. The first-order valence-electron chi connectivity index (χ1n) is 3.50. The molecule has 60 valence electrons. The van der Waals surface area contributed by atoms with Gasteiger partial charge < -0.3 is 0 Å². The zero-order chi connectivity index (χ0) is 9.14. The van der Waals surface area contributed by atoms with E-state index < -0.39 is 0 Å². The van der Waals surface area contributed by atoms with Crippen LogP contribution >= 0.6 is 11.6 Å². The molecule has 0 saturated carbocycles. The van der Waals surface area contributed by atoms with E-state index in [9.17, 15) is 0 Å². The molecular weight excluding hydrogens is 170 g/mol. The van der Waals surface area contributed by atoms with Crippen LogP contribution in [0.15, 0.2) is 24.8 Å². The number of hydrogen-bond acceptors (Lipinski definition) is 1. The zero-order valence-electron chi connectivity index (χ0n) is 6.76. The van der Waals surface area contributed by atoms with Crippen molar-refractivity contribution < 1.29 is 0 Å². The number of benzene rings is 1. The molecule has 0 spiro atoms. The quantitative estimate of drug-likeness (QED) is 0.646. The lowest BCUT2D eigenvalue weighted by Crippen LogP contribution is -1.81. The van der Waals surface area contributed by atoms with Crippen LogP contribution in [-0.4, -0.2) is 0 Å². The van der Waals surface area contributed by atoms with Crippen molar-refractivity contribution in [1.29, 1.82) is 5.26 Å². The summed E-state index contributed by atoms with van der Waals surface area (Å²) in [6.07, 6.45) is 0. The summed E-state index contributed by atoms with van der Waals surface area (Å²) in [5.41, 5.74) is 2.40. The highest BCUT2D eigenvalue weighted by Gasteiger charge is 1.98. The van der Waals surface area contributed by atoms with Gasteiger partial charge in [0, 0.05) is 5.02 Å². The standard InChI is InChI=1S/C10H8ClN/c1-7(2)9-3-8(6-12)4-10(11)5-9/h3-5H,1H2,2H3. The number of hydrogen-bond donors (Lipinski definition) is 0. The third-order valence-electron chi connectivity index (χ3n) is 1.52. The Kier molecular flexibility index (Phi) is 2.52. The van der Waals surface area contributed by atoms with Crippen molar-refractivity contribution in [3.63, 3.8) is 0 Å². The van der Waals surface area contributed by atoms with Crippen molar-refractivity contribution in [2.75, 3.05) is 0 Å². The van der Waals surface area contributed by atoms with Crippen LogP contribution in [0.4, 0.5) is 0 Å². The molecule has 0 N–H and O–H groups in total. The van der Waals surface area contributed by atoms with Crippen molar-refractivity contribution in [2.45, 2.75) is 6.92 Å². The highest BCUT2D eigenvalue weighted by molar-refractivity contribution is 6.30. The highest BCUT2D eigenvalue weighted by atomic mass is 35.5. The van der Waals surface area contributed by atoms with Gasteiger partial charge in [0.1, 0.15) is 0 Å². The molecule has 0 aliphatic rings. The lowest BCUT2D eigenvalue weighted by Gasteiger charge is -2.00. The van der Waals surface area contributed by atoms with E-state index >= 15 is 0 Å². The second-order valence-electron chi connectivity index (χ2n) is 2.62. The molecule has 0 aliphatic carbocycles. The molecule has 1 aromatic carbocycles. The van der Waals surface area contributed by atoms with Gasteiger partial charge in [-0.3, -0.25) is 0 Å². The molecule has 1 rings (SSSR count). The molecule has 0 fully saturated rings. The maximum absolute atomic E-state index is 8.63. The molecule has 0 unspecified atom stereocenters. The molecule has 0 bridgehead atoms. The predicted molar refractivity (Wildman–Crippen MR) is 50.9 cm³/mol. The first-order chi connectivity index (χ1) is 5.63. The molecule has 1 aromatic rings. The molecule has 0 heterocycles. The Labute approximate surface area is 76.9 Å². The number of rotatable bonds is 1. The Morgan fingerprint density at radius 3 is 2.67 bits per heavy atom. The second-order valence-corrected chi connectivity index (χ2v) is 3.06. The van der Waals surface area contributed by atoms with Crippen molar-refractivity contribution in [3.05, 3.63) is 40.9 Å². The van der Waals surface area contributed by atoms with E-state index in [0.717, 1.165) is 11.1 Å². The van der Waals surface area contributed by atoms with Crippen molar-refractivity contribution in [1.82, 2.24) is 0 Å². The molecule has 0 aromatic heterocycles. The molecule has 0 atom stereocenters. The largest absolute Gasteiger partial charge is 0.192 e. The summed E-state index contributed by atoms with van der Waals surface area (Å²) in [7, 11) is 0. The van der Waals surface area contributed by atoms with Crippen molar-refractivity contribution >= 4 is 17.2 Å². The normalized spacial score (nSPS) is 9.08. The summed E-state index contributed by atoms with van der Waals surface area (Å²) in [6.45, 7) is 5.66. The Bertz CT molecular complexity index is 361. The van der Waals surface area contributed by atoms with E-state index in [0.29, 0.717) is 10.6 Å². The van der Waals surface area contributed by atoms with Crippen LogP contribution in [-0.2, 0) is 0 Å². The van der Waals surface area contributed by atoms with Gasteiger partial charge in [0.15, 0.2) is 0 Å². The van der Waals surface area contributed by atoms with Gasteiger partial charge in [-0.05, 0) is 30.7 Å². The van der Waals surface area contributed by atoms with E-state index in [4.69, 9.17) is 16.9 Å². The van der Waals surface area contributed by atoms with Crippen LogP contribution in [0.2, 0.25) is 5.02 Å². The maximum Gasteiger partial charge on any atom is 0.0992 e. The van der Waals surface area contributed by atoms with Gasteiger partial charge in [0.05, 0.1) is 11.6 Å². The summed E-state index contributed by atoms with van der Waals surface area (Å²) in [6, 6.07) is 7.24. The van der Waals surface area contributed by atoms with Gasteiger partial charge in [-0.2, -0.15) is 5.26 Å². The molecule has 1 nitrogen and oxygen atoms in total. The molecule has 0 radical (unpaired) electrons. The minimum Gasteiger partial charge on any atom is -0.192 e. The van der Waals surface area contributed by atoms with Crippen LogP contribution < -0.4 is 0 Å². The monoisotopic (exact) mass is 177 g/mol. The Hall–Kier alpha value is -1.26. The molecular formula is C10H8ClN. The van der Waals surface area contributed by atoms with E-state index in [1.807, 2.05) is 13.0 Å². The van der Waals surface area contributed by atoms with Crippen LogP contribution in [0, 0.1) is 11.3 Å². The lowest BCUT2D eigenvalue weighted by atomic mass is 10.1. The number of nitrogens with zero attached hydrogens (tertiary/aromatic N) is 1. The van der Waals surface area contributed by atoms with Gasteiger partial charge in [-0.25, -0.2) is 0 Å². The third kappa shape index (κ3) is 1.87. The SMILES string of the molecule is C=C(C)c1cc(Cl)cc(C#N)c1. The average Bonchev–Trinajstić information content (AvgIpc) is 2.03. The fraction of sp³-hybridized carbons (Fsp3) is 0.100. The van der Waals surface area contributed by atoms with E-state index in [-0.39, 0.29) is 0 Å². The zero-order valence-corrected chi connectivity index (χ0v) is 7.52. The highest BCUT2D eigenvalue weighted by Crippen LogP contribution is 2.19. The fourth-order valence-corrected chi connectivity index (χ4v) is 1.14. The van der Waals surface area contributed by atoms with Crippen LogP contribution in [0.25, 0.3) is 5.57 Å². The molecule has 2 heteroatoms. The van der Waals surface area contributed by atoms with Crippen LogP contribution in [0.3, 0.4) is 0 Å². The van der Waals surface area contributed by atoms with Crippen molar-refractivity contribution in [3.8, 4) is 6.07 Å². The topological polar surface area (TPSA) is 23.8 Å². The summed E-state index contributed by atoms with van der Waals surface area (Å²) in [5, 5.41) is 9.21. The number of nitriles is 1. The first-order valence-corrected chi connectivity index (χ1v) is 3.88. The Morgan fingerprint density at radius 1 is 1.50 bits per heavy atom. The van der Waals surface area contributed by atoms with Crippen LogP contribution in [0.5, 0.6) is 0 Å². The van der Waals surface area contributed by atoms with Gasteiger partial charge in [-0.1, -0.05) is 23.8 Å². The number of halogens is 1. The number of allylic oxidation sites excluding steroid dienone is 1. The minimum absolute atomic E-state index is 0.570. The van der Waals surface area contributed by atoms with Crippen molar-refractivity contribution in [2.24, 2.45) is 0 Å². The smallest absolute Gasteiger partial charge is 0.0992 e. The van der Waals surface area contributed by atoms with E-state index in [2.05, 4.69) is 6.58 Å². The van der Waals surface area contributed by atoms with E-state index in [1.54, 1.807) is 18.2 Å². The molecule has 12 heavy (non-hydrogen) atoms. The maximum atomic E-state index is 8.63. The van der Waals surface area contributed by atoms with Gasteiger partial charge in [0.2, 0.25) is 0 Å². The lowest BCUT2D eigenvalue weighted by molar-refractivity contribution is 1.47. The molecule has 0 amide bonds. The second kappa shape index (κ2) is 3.42.